The van der Waals surface area contributed by atoms with Gasteiger partial charge in [-0.15, -0.1) is 19.7 Å². The smallest absolute Gasteiger partial charge is 0.0546 e. The van der Waals surface area contributed by atoms with Gasteiger partial charge in [-0.1, -0.05) is 32.1 Å². The van der Waals surface area contributed by atoms with E-state index >= 15 is 0 Å². The summed E-state index contributed by atoms with van der Waals surface area (Å²) in [5.74, 6) is 0.683. The lowest BCUT2D eigenvalue weighted by molar-refractivity contribution is 0.0709. The van der Waals surface area contributed by atoms with Gasteiger partial charge in [0.05, 0.1) is 6.10 Å². The highest BCUT2D eigenvalue weighted by atomic mass is 16.5. The monoisotopic (exact) mass is 308 g/mol. The quantitative estimate of drug-likeness (QED) is 0.329. The Kier molecular flexibility index (Phi) is 12.2. The molecule has 1 unspecified atom stereocenters. The molecule has 0 amide bonds. The minimum Gasteiger partial charge on any atom is -0.393 e. The fourth-order valence-electron chi connectivity index (χ4n) is 2.86. The van der Waals surface area contributed by atoms with Crippen LogP contribution in [0.25, 0.3) is 0 Å². The van der Waals surface area contributed by atoms with Crippen molar-refractivity contribution in [1.29, 1.82) is 0 Å². The highest BCUT2D eigenvalue weighted by molar-refractivity contribution is 4.96. The van der Waals surface area contributed by atoms with Gasteiger partial charge in [-0.25, -0.2) is 0 Å². The molecule has 0 radical (unpaired) electrons. The third kappa shape index (κ3) is 9.97. The van der Waals surface area contributed by atoms with E-state index in [-0.39, 0.29) is 11.5 Å². The van der Waals surface area contributed by atoms with Gasteiger partial charge in [0.2, 0.25) is 0 Å². The van der Waals surface area contributed by atoms with Crippen molar-refractivity contribution in [3.05, 3.63) is 38.0 Å². The van der Waals surface area contributed by atoms with E-state index in [1.165, 1.54) is 0 Å². The summed E-state index contributed by atoms with van der Waals surface area (Å²) in [7, 11) is 0. The average Bonchev–Trinajstić information content (AvgIpc) is 2.43. The summed E-state index contributed by atoms with van der Waals surface area (Å²) in [6.45, 7) is 17.5. The minimum absolute atomic E-state index is 0.0170. The van der Waals surface area contributed by atoms with Crippen LogP contribution in [0, 0.1) is 11.3 Å². The van der Waals surface area contributed by atoms with Crippen LogP contribution in [0.2, 0.25) is 0 Å². The summed E-state index contributed by atoms with van der Waals surface area (Å²) in [4.78, 5) is 0. The van der Waals surface area contributed by atoms with Gasteiger partial charge in [0, 0.05) is 13.2 Å². The first-order valence-corrected chi connectivity index (χ1v) is 8.58. The Morgan fingerprint density at radius 3 is 1.95 bits per heavy atom. The molecule has 0 aromatic carbocycles. The van der Waals surface area contributed by atoms with E-state index in [4.69, 9.17) is 4.74 Å². The van der Waals surface area contributed by atoms with Gasteiger partial charge in [0.25, 0.3) is 0 Å². The van der Waals surface area contributed by atoms with E-state index in [0.29, 0.717) is 5.92 Å². The first kappa shape index (κ1) is 21.1. The zero-order chi connectivity index (χ0) is 16.8. The number of hydrogen-bond donors (Lipinski definition) is 1. The van der Waals surface area contributed by atoms with Gasteiger partial charge in [0.1, 0.15) is 0 Å². The van der Waals surface area contributed by atoms with Crippen LogP contribution in [-0.4, -0.2) is 24.4 Å². The Morgan fingerprint density at radius 2 is 1.50 bits per heavy atom. The van der Waals surface area contributed by atoms with Crippen molar-refractivity contribution in [2.45, 2.75) is 64.9 Å². The summed E-state index contributed by atoms with van der Waals surface area (Å²) in [5, 5.41) is 10.4. The zero-order valence-corrected chi connectivity index (χ0v) is 14.7. The molecule has 1 atom stereocenters. The predicted octanol–water partition coefficient (Wildman–Crippen LogP) is 5.30. The third-order valence-corrected chi connectivity index (χ3v) is 4.07. The van der Waals surface area contributed by atoms with E-state index in [1.54, 1.807) is 0 Å². The van der Waals surface area contributed by atoms with Crippen molar-refractivity contribution in [2.75, 3.05) is 13.2 Å². The van der Waals surface area contributed by atoms with Crippen molar-refractivity contribution in [1.82, 2.24) is 0 Å². The Labute approximate surface area is 138 Å². The molecule has 0 saturated carbocycles. The van der Waals surface area contributed by atoms with Crippen molar-refractivity contribution in [2.24, 2.45) is 11.3 Å². The predicted molar refractivity (Wildman–Crippen MR) is 97.0 cm³/mol. The second-order valence-corrected chi connectivity index (χ2v) is 6.77. The molecule has 0 aromatic rings. The maximum absolute atomic E-state index is 10.4. The molecule has 0 saturated heterocycles. The molecule has 0 rings (SSSR count). The molecular formula is C20H36O2. The summed E-state index contributed by atoms with van der Waals surface area (Å²) < 4.78 is 5.61. The molecule has 22 heavy (non-hydrogen) atoms. The van der Waals surface area contributed by atoms with Gasteiger partial charge in [0.15, 0.2) is 0 Å². The Morgan fingerprint density at radius 1 is 0.955 bits per heavy atom. The largest absolute Gasteiger partial charge is 0.393 e. The van der Waals surface area contributed by atoms with Crippen molar-refractivity contribution >= 4 is 0 Å². The maximum Gasteiger partial charge on any atom is 0.0546 e. The first-order valence-electron chi connectivity index (χ1n) is 8.58. The first-order chi connectivity index (χ1) is 10.5. The number of allylic oxidation sites excluding steroid dienone is 3. The van der Waals surface area contributed by atoms with Crippen LogP contribution in [0.5, 0.6) is 0 Å². The highest BCUT2D eigenvalue weighted by Gasteiger charge is 2.28. The maximum atomic E-state index is 10.4. The third-order valence-electron chi connectivity index (χ3n) is 4.07. The van der Waals surface area contributed by atoms with Gasteiger partial charge < -0.3 is 9.84 Å². The van der Waals surface area contributed by atoms with E-state index in [0.717, 1.165) is 58.2 Å². The van der Waals surface area contributed by atoms with Gasteiger partial charge >= 0.3 is 0 Å². The molecule has 0 heterocycles. The molecule has 0 aliphatic rings. The van der Waals surface area contributed by atoms with Crippen molar-refractivity contribution in [3.63, 3.8) is 0 Å². The topological polar surface area (TPSA) is 29.5 Å². The van der Waals surface area contributed by atoms with Crippen LogP contribution in [0.1, 0.15) is 58.8 Å². The second-order valence-electron chi connectivity index (χ2n) is 6.77. The standard InChI is InChI=1S/C20H36O2/c1-6-12-20(13-7-2,14-8-3)17-19(21)10-9-15-22-16-11-18(4)5/h6-8,18-19,21H,1-3,9-17H2,4-5H3. The van der Waals surface area contributed by atoms with Crippen LogP contribution in [0.4, 0.5) is 0 Å². The fourth-order valence-corrected chi connectivity index (χ4v) is 2.86. The molecule has 0 aliphatic carbocycles. The van der Waals surface area contributed by atoms with Crippen molar-refractivity contribution in [3.8, 4) is 0 Å². The van der Waals surface area contributed by atoms with E-state index in [9.17, 15) is 5.11 Å². The number of ether oxygens (including phenoxy) is 1. The Bertz CT molecular complexity index is 280. The summed E-state index contributed by atoms with van der Waals surface area (Å²) >= 11 is 0. The average molecular weight is 309 g/mol. The summed E-state index contributed by atoms with van der Waals surface area (Å²) in [5.41, 5.74) is 0.0170. The lowest BCUT2D eigenvalue weighted by atomic mass is 9.73. The van der Waals surface area contributed by atoms with Crippen molar-refractivity contribution < 1.29 is 9.84 Å². The molecule has 128 valence electrons. The lowest BCUT2D eigenvalue weighted by Crippen LogP contribution is -2.26. The van der Waals surface area contributed by atoms with E-state index in [2.05, 4.69) is 33.6 Å². The van der Waals surface area contributed by atoms with Crippen LogP contribution < -0.4 is 0 Å². The molecule has 2 heteroatoms. The van der Waals surface area contributed by atoms with Crippen LogP contribution >= 0.6 is 0 Å². The SMILES string of the molecule is C=CCC(CC=C)(CC=C)CC(O)CCCOCCC(C)C. The molecule has 2 nitrogen and oxygen atoms in total. The number of rotatable bonds is 15. The molecule has 1 N–H and O–H groups in total. The zero-order valence-electron chi connectivity index (χ0n) is 14.7. The van der Waals surface area contributed by atoms with Gasteiger partial charge in [-0.2, -0.15) is 0 Å². The highest BCUT2D eigenvalue weighted by Crippen LogP contribution is 2.38. The lowest BCUT2D eigenvalue weighted by Gasteiger charge is -2.33. The number of hydrogen-bond acceptors (Lipinski definition) is 2. The molecule has 0 spiro atoms. The normalized spacial score (nSPS) is 13.1. The molecule has 0 aromatic heterocycles. The molecule has 0 aliphatic heterocycles. The van der Waals surface area contributed by atoms with Crippen LogP contribution in [0.15, 0.2) is 38.0 Å². The summed E-state index contributed by atoms with van der Waals surface area (Å²) in [6, 6.07) is 0. The van der Waals surface area contributed by atoms with E-state index in [1.807, 2.05) is 18.2 Å². The minimum atomic E-state index is -0.298. The van der Waals surface area contributed by atoms with E-state index < -0.39 is 0 Å². The molecule has 0 fully saturated rings. The van der Waals surface area contributed by atoms with Crippen LogP contribution in [0.3, 0.4) is 0 Å². The fraction of sp³-hybridized carbons (Fsp3) is 0.700. The number of aliphatic hydroxyl groups is 1. The molecule has 0 bridgehead atoms. The second kappa shape index (κ2) is 12.7. The number of aliphatic hydroxyl groups excluding tert-OH is 1. The van der Waals surface area contributed by atoms with Gasteiger partial charge in [-0.3, -0.25) is 0 Å². The van der Waals surface area contributed by atoms with Crippen LogP contribution in [-0.2, 0) is 4.74 Å². The Balaban J connectivity index is 4.15. The Hall–Kier alpha value is -0.860. The molecular weight excluding hydrogens is 272 g/mol. The summed E-state index contributed by atoms with van der Waals surface area (Å²) in [6.07, 6.45) is 11.7. The van der Waals surface area contributed by atoms with Gasteiger partial charge in [-0.05, 0) is 56.3 Å².